The van der Waals surface area contributed by atoms with E-state index in [0.29, 0.717) is 5.02 Å². The van der Waals surface area contributed by atoms with Crippen LogP contribution in [0, 0.1) is 6.92 Å². The Labute approximate surface area is 100 Å². The summed E-state index contributed by atoms with van der Waals surface area (Å²) in [5.41, 5.74) is 9.44. The molecule has 82 valence electrons. The maximum absolute atomic E-state index is 6.20. The van der Waals surface area contributed by atoms with Gasteiger partial charge >= 0.3 is 0 Å². The fourth-order valence-corrected chi connectivity index (χ4v) is 1.88. The first-order chi connectivity index (χ1) is 7.68. The van der Waals surface area contributed by atoms with Gasteiger partial charge in [0.05, 0.1) is 6.04 Å². The Morgan fingerprint density at radius 3 is 2.56 bits per heavy atom. The number of hydrogen-bond donors (Lipinski definition) is 1. The molecule has 0 amide bonds. The maximum Gasteiger partial charge on any atom is 0.0555 e. The predicted octanol–water partition coefficient (Wildman–Crippen LogP) is 3.09. The number of pyridine rings is 1. The first kappa shape index (κ1) is 11.1. The quantitative estimate of drug-likeness (QED) is 0.864. The van der Waals surface area contributed by atoms with Crippen molar-refractivity contribution in [1.29, 1.82) is 0 Å². The average Bonchev–Trinajstić information content (AvgIpc) is 2.32. The van der Waals surface area contributed by atoms with Gasteiger partial charge in [0, 0.05) is 17.4 Å². The van der Waals surface area contributed by atoms with Crippen LogP contribution in [0.25, 0.3) is 0 Å². The van der Waals surface area contributed by atoms with Crippen LogP contribution in [0.3, 0.4) is 0 Å². The van der Waals surface area contributed by atoms with Gasteiger partial charge in [-0.15, -0.1) is 0 Å². The summed E-state index contributed by atoms with van der Waals surface area (Å²) in [6.07, 6.45) is 3.49. The smallest absolute Gasteiger partial charge is 0.0555 e. The first-order valence-corrected chi connectivity index (χ1v) is 5.48. The predicted molar refractivity (Wildman–Crippen MR) is 66.5 cm³/mol. The second-order valence-electron chi connectivity index (χ2n) is 3.76. The Hall–Kier alpha value is -1.38. The molecular weight excluding hydrogens is 220 g/mol. The van der Waals surface area contributed by atoms with Crippen LogP contribution in [0.15, 0.2) is 42.7 Å². The van der Waals surface area contributed by atoms with Gasteiger partial charge in [-0.2, -0.15) is 0 Å². The summed E-state index contributed by atoms with van der Waals surface area (Å²) in [5.74, 6) is 0. The molecule has 0 radical (unpaired) electrons. The van der Waals surface area contributed by atoms with Crippen molar-refractivity contribution in [3.05, 3.63) is 64.4 Å². The maximum atomic E-state index is 6.20. The molecule has 3 heteroatoms. The van der Waals surface area contributed by atoms with Gasteiger partial charge in [-0.25, -0.2) is 0 Å². The SMILES string of the molecule is Cc1ccc(Cl)cc1C(N)c1ccncc1. The number of aryl methyl sites for hydroxylation is 1. The molecule has 1 unspecified atom stereocenters. The number of benzene rings is 1. The molecule has 1 aromatic heterocycles. The normalized spacial score (nSPS) is 12.4. The van der Waals surface area contributed by atoms with Crippen molar-refractivity contribution < 1.29 is 0 Å². The summed E-state index contributed by atoms with van der Waals surface area (Å²) in [4.78, 5) is 3.98. The van der Waals surface area contributed by atoms with E-state index in [1.807, 2.05) is 37.3 Å². The number of nitrogens with two attached hydrogens (primary N) is 1. The zero-order valence-corrected chi connectivity index (χ0v) is 9.78. The summed E-state index contributed by atoms with van der Waals surface area (Å²) >= 11 is 5.98. The van der Waals surface area contributed by atoms with Crippen molar-refractivity contribution >= 4 is 11.6 Å². The van der Waals surface area contributed by atoms with Gasteiger partial charge in [-0.3, -0.25) is 4.98 Å². The van der Waals surface area contributed by atoms with Crippen LogP contribution in [0.1, 0.15) is 22.7 Å². The molecule has 1 aromatic carbocycles. The summed E-state index contributed by atoms with van der Waals surface area (Å²) in [6.45, 7) is 2.03. The minimum absolute atomic E-state index is 0.151. The molecule has 2 N–H and O–H groups in total. The third kappa shape index (κ3) is 2.23. The van der Waals surface area contributed by atoms with E-state index in [-0.39, 0.29) is 6.04 Å². The minimum Gasteiger partial charge on any atom is -0.320 e. The second kappa shape index (κ2) is 4.64. The third-order valence-electron chi connectivity index (χ3n) is 2.64. The monoisotopic (exact) mass is 232 g/mol. The lowest BCUT2D eigenvalue weighted by Crippen LogP contribution is -2.13. The molecule has 2 aromatic rings. The van der Waals surface area contributed by atoms with E-state index in [9.17, 15) is 0 Å². The minimum atomic E-state index is -0.151. The first-order valence-electron chi connectivity index (χ1n) is 5.10. The van der Waals surface area contributed by atoms with Crippen LogP contribution in [0.4, 0.5) is 0 Å². The van der Waals surface area contributed by atoms with Crippen molar-refractivity contribution in [2.75, 3.05) is 0 Å². The molecule has 2 rings (SSSR count). The fourth-order valence-electron chi connectivity index (χ4n) is 1.70. The van der Waals surface area contributed by atoms with Gasteiger partial charge in [-0.05, 0) is 47.9 Å². The largest absolute Gasteiger partial charge is 0.320 e. The summed E-state index contributed by atoms with van der Waals surface area (Å²) in [7, 11) is 0. The number of aromatic nitrogens is 1. The summed E-state index contributed by atoms with van der Waals surface area (Å²) in [5, 5.41) is 0.713. The van der Waals surface area contributed by atoms with Gasteiger partial charge in [0.1, 0.15) is 0 Å². The van der Waals surface area contributed by atoms with Gasteiger partial charge in [0.25, 0.3) is 0 Å². The highest BCUT2D eigenvalue weighted by Gasteiger charge is 2.11. The van der Waals surface area contributed by atoms with E-state index in [0.717, 1.165) is 16.7 Å². The van der Waals surface area contributed by atoms with Gasteiger partial charge in [-0.1, -0.05) is 17.7 Å². The van der Waals surface area contributed by atoms with E-state index in [4.69, 9.17) is 17.3 Å². The van der Waals surface area contributed by atoms with Crippen molar-refractivity contribution in [1.82, 2.24) is 4.98 Å². The van der Waals surface area contributed by atoms with Crippen LogP contribution in [-0.4, -0.2) is 4.98 Å². The molecular formula is C13H13ClN2. The highest BCUT2D eigenvalue weighted by atomic mass is 35.5. The molecule has 1 heterocycles. The van der Waals surface area contributed by atoms with E-state index < -0.39 is 0 Å². The molecule has 0 aliphatic carbocycles. The lowest BCUT2D eigenvalue weighted by atomic mass is 9.97. The van der Waals surface area contributed by atoms with Crippen molar-refractivity contribution in [2.24, 2.45) is 5.73 Å². The molecule has 0 aliphatic heterocycles. The number of halogens is 1. The third-order valence-corrected chi connectivity index (χ3v) is 2.88. The van der Waals surface area contributed by atoms with Gasteiger partial charge < -0.3 is 5.73 Å². The zero-order chi connectivity index (χ0) is 11.5. The fraction of sp³-hybridized carbons (Fsp3) is 0.154. The Kier molecular flexibility index (Phi) is 3.22. The molecule has 0 bridgehead atoms. The summed E-state index contributed by atoms with van der Waals surface area (Å²) < 4.78 is 0. The van der Waals surface area contributed by atoms with Gasteiger partial charge in [0.2, 0.25) is 0 Å². The Bertz CT molecular complexity index is 483. The van der Waals surface area contributed by atoms with Crippen LogP contribution in [0.2, 0.25) is 5.02 Å². The molecule has 0 aliphatic rings. The molecule has 1 atom stereocenters. The average molecular weight is 233 g/mol. The molecule has 0 saturated carbocycles. The lowest BCUT2D eigenvalue weighted by molar-refractivity contribution is 0.858. The van der Waals surface area contributed by atoms with E-state index >= 15 is 0 Å². The molecule has 2 nitrogen and oxygen atoms in total. The zero-order valence-electron chi connectivity index (χ0n) is 9.02. The van der Waals surface area contributed by atoms with Crippen molar-refractivity contribution in [3.63, 3.8) is 0 Å². The number of hydrogen-bond acceptors (Lipinski definition) is 2. The van der Waals surface area contributed by atoms with Gasteiger partial charge in [0.15, 0.2) is 0 Å². The number of rotatable bonds is 2. The molecule has 0 fully saturated rings. The Morgan fingerprint density at radius 1 is 1.19 bits per heavy atom. The van der Waals surface area contributed by atoms with Crippen LogP contribution in [0.5, 0.6) is 0 Å². The molecule has 16 heavy (non-hydrogen) atoms. The van der Waals surface area contributed by atoms with Crippen LogP contribution >= 0.6 is 11.6 Å². The van der Waals surface area contributed by atoms with Crippen LogP contribution in [-0.2, 0) is 0 Å². The standard InChI is InChI=1S/C13H13ClN2/c1-9-2-3-11(14)8-12(9)13(15)10-4-6-16-7-5-10/h2-8,13H,15H2,1H3. The topological polar surface area (TPSA) is 38.9 Å². The highest BCUT2D eigenvalue weighted by molar-refractivity contribution is 6.30. The molecule has 0 saturated heterocycles. The van der Waals surface area contributed by atoms with E-state index in [1.165, 1.54) is 0 Å². The van der Waals surface area contributed by atoms with Crippen molar-refractivity contribution in [3.8, 4) is 0 Å². The van der Waals surface area contributed by atoms with E-state index in [2.05, 4.69) is 4.98 Å². The highest BCUT2D eigenvalue weighted by Crippen LogP contribution is 2.24. The second-order valence-corrected chi connectivity index (χ2v) is 4.20. The Morgan fingerprint density at radius 2 is 1.88 bits per heavy atom. The Balaban J connectivity index is 2.41. The number of nitrogens with zero attached hydrogens (tertiary/aromatic N) is 1. The van der Waals surface area contributed by atoms with Crippen molar-refractivity contribution in [2.45, 2.75) is 13.0 Å². The lowest BCUT2D eigenvalue weighted by Gasteiger charge is -2.15. The summed E-state index contributed by atoms with van der Waals surface area (Å²) in [6, 6.07) is 9.47. The van der Waals surface area contributed by atoms with E-state index in [1.54, 1.807) is 12.4 Å². The molecule has 0 spiro atoms. The van der Waals surface area contributed by atoms with Crippen LogP contribution < -0.4 is 5.73 Å².